The van der Waals surface area contributed by atoms with Gasteiger partial charge in [0.05, 0.1) is 13.2 Å². The molecule has 0 radical (unpaired) electrons. The van der Waals surface area contributed by atoms with Gasteiger partial charge in [-0.15, -0.1) is 0 Å². The van der Waals surface area contributed by atoms with Crippen LogP contribution in [0.1, 0.15) is 42.3 Å². The first-order valence-corrected chi connectivity index (χ1v) is 6.36. The molecule has 1 aromatic carbocycles. The molecule has 0 heterocycles. The standard InChI is InChI=1S/C15H22O3/c1-6-17-15(16)13-8-11(4)7-12(5)14(13)18-9-10(2)3/h7-8,10H,6,9H2,1-5H3. The Morgan fingerprint density at radius 3 is 2.50 bits per heavy atom. The van der Waals surface area contributed by atoms with E-state index in [0.29, 0.717) is 30.4 Å². The molecule has 0 aromatic heterocycles. The van der Waals surface area contributed by atoms with Crippen LogP contribution >= 0.6 is 0 Å². The van der Waals surface area contributed by atoms with Gasteiger partial charge in [0.2, 0.25) is 0 Å². The van der Waals surface area contributed by atoms with E-state index in [1.807, 2.05) is 26.0 Å². The Morgan fingerprint density at radius 1 is 1.28 bits per heavy atom. The highest BCUT2D eigenvalue weighted by Gasteiger charge is 2.17. The minimum Gasteiger partial charge on any atom is -0.492 e. The van der Waals surface area contributed by atoms with E-state index in [1.165, 1.54) is 0 Å². The van der Waals surface area contributed by atoms with Gasteiger partial charge in [0.25, 0.3) is 0 Å². The van der Waals surface area contributed by atoms with E-state index in [-0.39, 0.29) is 5.97 Å². The second-order valence-electron chi connectivity index (χ2n) is 4.88. The number of benzene rings is 1. The minimum absolute atomic E-state index is 0.317. The lowest BCUT2D eigenvalue weighted by Crippen LogP contribution is -2.12. The van der Waals surface area contributed by atoms with E-state index in [0.717, 1.165) is 11.1 Å². The zero-order chi connectivity index (χ0) is 13.7. The predicted molar refractivity (Wildman–Crippen MR) is 72.2 cm³/mol. The molecular formula is C15H22O3. The Morgan fingerprint density at radius 2 is 1.94 bits per heavy atom. The average molecular weight is 250 g/mol. The molecule has 0 spiro atoms. The van der Waals surface area contributed by atoms with Crippen molar-refractivity contribution in [3.05, 3.63) is 28.8 Å². The third kappa shape index (κ3) is 3.76. The van der Waals surface area contributed by atoms with Crippen LogP contribution < -0.4 is 4.74 Å². The van der Waals surface area contributed by atoms with Crippen LogP contribution in [0.2, 0.25) is 0 Å². The van der Waals surface area contributed by atoms with Crippen molar-refractivity contribution in [1.82, 2.24) is 0 Å². The van der Waals surface area contributed by atoms with Gasteiger partial charge >= 0.3 is 5.97 Å². The van der Waals surface area contributed by atoms with Gasteiger partial charge in [0, 0.05) is 0 Å². The molecule has 0 saturated carbocycles. The molecule has 1 aromatic rings. The van der Waals surface area contributed by atoms with Gasteiger partial charge in [-0.2, -0.15) is 0 Å². The fourth-order valence-corrected chi connectivity index (χ4v) is 1.76. The molecule has 0 N–H and O–H groups in total. The Balaban J connectivity index is 3.08. The van der Waals surface area contributed by atoms with E-state index in [2.05, 4.69) is 13.8 Å². The molecule has 3 heteroatoms. The van der Waals surface area contributed by atoms with E-state index in [1.54, 1.807) is 6.92 Å². The molecule has 0 fully saturated rings. The molecule has 3 nitrogen and oxygen atoms in total. The SMILES string of the molecule is CCOC(=O)c1cc(C)cc(C)c1OCC(C)C. The Labute approximate surface area is 109 Å². The number of hydrogen-bond donors (Lipinski definition) is 0. The highest BCUT2D eigenvalue weighted by Crippen LogP contribution is 2.26. The molecule has 0 aliphatic rings. The molecule has 0 unspecified atom stereocenters. The lowest BCUT2D eigenvalue weighted by Gasteiger charge is -2.15. The molecule has 1 rings (SSSR count). The second-order valence-corrected chi connectivity index (χ2v) is 4.88. The molecule has 0 aliphatic heterocycles. The Bertz CT molecular complexity index is 422. The molecule has 100 valence electrons. The summed E-state index contributed by atoms with van der Waals surface area (Å²) >= 11 is 0. The maximum Gasteiger partial charge on any atom is 0.341 e. The number of ether oxygens (including phenoxy) is 2. The second kappa shape index (κ2) is 6.43. The zero-order valence-electron chi connectivity index (χ0n) is 11.9. The monoisotopic (exact) mass is 250 g/mol. The number of aryl methyl sites for hydroxylation is 2. The zero-order valence-corrected chi connectivity index (χ0v) is 11.9. The summed E-state index contributed by atoms with van der Waals surface area (Å²) in [4.78, 5) is 11.9. The highest BCUT2D eigenvalue weighted by molar-refractivity contribution is 5.93. The third-order valence-electron chi connectivity index (χ3n) is 2.48. The number of carbonyl (C=O) groups is 1. The van der Waals surface area contributed by atoms with Crippen LogP contribution in [0.3, 0.4) is 0 Å². The molecule has 0 aliphatic carbocycles. The van der Waals surface area contributed by atoms with Crippen LogP contribution in [-0.2, 0) is 4.74 Å². The number of esters is 1. The maximum absolute atomic E-state index is 11.9. The van der Waals surface area contributed by atoms with Crippen molar-refractivity contribution < 1.29 is 14.3 Å². The quantitative estimate of drug-likeness (QED) is 0.750. The Kier molecular flexibility index (Phi) is 5.20. The lowest BCUT2D eigenvalue weighted by atomic mass is 10.1. The van der Waals surface area contributed by atoms with Gasteiger partial charge < -0.3 is 9.47 Å². The molecule has 0 atom stereocenters. The predicted octanol–water partition coefficient (Wildman–Crippen LogP) is 3.51. The normalized spacial score (nSPS) is 10.6. The molecule has 0 bridgehead atoms. The summed E-state index contributed by atoms with van der Waals surface area (Å²) in [6.45, 7) is 10.8. The summed E-state index contributed by atoms with van der Waals surface area (Å²) in [5.74, 6) is 0.747. The smallest absolute Gasteiger partial charge is 0.341 e. The van der Waals surface area contributed by atoms with Gasteiger partial charge in [-0.3, -0.25) is 0 Å². The average Bonchev–Trinajstić information content (AvgIpc) is 2.26. The van der Waals surface area contributed by atoms with E-state index in [4.69, 9.17) is 9.47 Å². The summed E-state index contributed by atoms with van der Waals surface area (Å²) in [5, 5.41) is 0. The Hall–Kier alpha value is -1.51. The first-order valence-electron chi connectivity index (χ1n) is 6.36. The minimum atomic E-state index is -0.317. The van der Waals surface area contributed by atoms with Crippen LogP contribution in [0.5, 0.6) is 5.75 Å². The van der Waals surface area contributed by atoms with Crippen molar-refractivity contribution in [2.24, 2.45) is 5.92 Å². The van der Waals surface area contributed by atoms with Gasteiger partial charge in [0.1, 0.15) is 11.3 Å². The topological polar surface area (TPSA) is 35.5 Å². The van der Waals surface area contributed by atoms with Gasteiger partial charge in [-0.25, -0.2) is 4.79 Å². The van der Waals surface area contributed by atoms with Crippen molar-refractivity contribution >= 4 is 5.97 Å². The van der Waals surface area contributed by atoms with Crippen LogP contribution in [0.25, 0.3) is 0 Å². The van der Waals surface area contributed by atoms with Crippen molar-refractivity contribution in [2.45, 2.75) is 34.6 Å². The largest absolute Gasteiger partial charge is 0.492 e. The van der Waals surface area contributed by atoms with Gasteiger partial charge in [-0.05, 0) is 43.9 Å². The van der Waals surface area contributed by atoms with Crippen LogP contribution in [0.4, 0.5) is 0 Å². The molecule has 0 amide bonds. The van der Waals surface area contributed by atoms with Crippen molar-refractivity contribution in [3.63, 3.8) is 0 Å². The maximum atomic E-state index is 11.9. The summed E-state index contributed by atoms with van der Waals surface area (Å²) < 4.78 is 10.8. The van der Waals surface area contributed by atoms with Crippen molar-refractivity contribution in [3.8, 4) is 5.75 Å². The van der Waals surface area contributed by atoms with E-state index >= 15 is 0 Å². The lowest BCUT2D eigenvalue weighted by molar-refractivity contribution is 0.0520. The summed E-state index contributed by atoms with van der Waals surface area (Å²) in [6, 6.07) is 3.83. The van der Waals surface area contributed by atoms with Gasteiger partial charge in [-0.1, -0.05) is 19.9 Å². The van der Waals surface area contributed by atoms with E-state index in [9.17, 15) is 4.79 Å². The summed E-state index contributed by atoms with van der Waals surface area (Å²) in [5.41, 5.74) is 2.53. The van der Waals surface area contributed by atoms with Crippen LogP contribution in [0, 0.1) is 19.8 Å². The van der Waals surface area contributed by atoms with Crippen LogP contribution in [-0.4, -0.2) is 19.2 Å². The van der Waals surface area contributed by atoms with Crippen LogP contribution in [0.15, 0.2) is 12.1 Å². The summed E-state index contributed by atoms with van der Waals surface area (Å²) in [7, 11) is 0. The summed E-state index contributed by atoms with van der Waals surface area (Å²) in [6.07, 6.45) is 0. The van der Waals surface area contributed by atoms with Gasteiger partial charge in [0.15, 0.2) is 0 Å². The number of hydrogen-bond acceptors (Lipinski definition) is 3. The van der Waals surface area contributed by atoms with Crippen molar-refractivity contribution in [1.29, 1.82) is 0 Å². The number of carbonyl (C=O) groups excluding carboxylic acids is 1. The fourth-order valence-electron chi connectivity index (χ4n) is 1.76. The third-order valence-corrected chi connectivity index (χ3v) is 2.48. The molecule has 0 saturated heterocycles. The van der Waals surface area contributed by atoms with E-state index < -0.39 is 0 Å². The number of rotatable bonds is 5. The van der Waals surface area contributed by atoms with Crippen molar-refractivity contribution in [2.75, 3.05) is 13.2 Å². The highest BCUT2D eigenvalue weighted by atomic mass is 16.5. The fraction of sp³-hybridized carbons (Fsp3) is 0.533. The molecular weight excluding hydrogens is 228 g/mol. The molecule has 18 heavy (non-hydrogen) atoms. The first-order chi connectivity index (χ1) is 8.45. The first kappa shape index (κ1) is 14.6.